The number of urea groups is 1. The molecule has 3 N–H and O–H groups in total. The van der Waals surface area contributed by atoms with Gasteiger partial charge in [0.05, 0.1) is 0 Å². The third-order valence-corrected chi connectivity index (χ3v) is 4.22. The molecule has 1 aliphatic rings. The molecule has 128 valence electrons. The third kappa shape index (κ3) is 4.86. The van der Waals surface area contributed by atoms with Crippen molar-refractivity contribution >= 4 is 11.7 Å². The Labute approximate surface area is 133 Å². The fraction of sp³-hybridized carbons (Fsp3) is 0.562. The number of halogens is 3. The van der Waals surface area contributed by atoms with Crippen molar-refractivity contribution in [1.82, 2.24) is 5.32 Å². The van der Waals surface area contributed by atoms with Gasteiger partial charge >= 0.3 is 6.03 Å². The molecule has 7 heteroatoms. The first-order chi connectivity index (χ1) is 11.0. The van der Waals surface area contributed by atoms with E-state index in [-0.39, 0.29) is 18.6 Å². The van der Waals surface area contributed by atoms with Crippen LogP contribution in [0.2, 0.25) is 0 Å². The van der Waals surface area contributed by atoms with Crippen LogP contribution in [0.15, 0.2) is 12.1 Å². The van der Waals surface area contributed by atoms with E-state index < -0.39 is 29.2 Å². The lowest BCUT2D eigenvalue weighted by atomic mass is 9.83. The number of rotatable bonds is 5. The van der Waals surface area contributed by atoms with E-state index in [1.165, 1.54) is 0 Å². The zero-order valence-corrected chi connectivity index (χ0v) is 12.7. The van der Waals surface area contributed by atoms with Gasteiger partial charge in [-0.15, -0.1) is 0 Å². The Balaban J connectivity index is 2.01. The predicted molar refractivity (Wildman–Crippen MR) is 80.5 cm³/mol. The van der Waals surface area contributed by atoms with E-state index in [4.69, 9.17) is 5.11 Å². The van der Waals surface area contributed by atoms with E-state index in [0.29, 0.717) is 18.6 Å². The highest BCUT2D eigenvalue weighted by Gasteiger charge is 2.25. The van der Waals surface area contributed by atoms with Gasteiger partial charge in [-0.1, -0.05) is 19.3 Å². The normalized spacial score (nSPS) is 16.9. The molecule has 1 aliphatic carbocycles. The van der Waals surface area contributed by atoms with Crippen molar-refractivity contribution in [3.05, 3.63) is 29.6 Å². The first kappa shape index (κ1) is 17.6. The molecule has 2 rings (SSSR count). The van der Waals surface area contributed by atoms with Crippen molar-refractivity contribution in [3.8, 4) is 0 Å². The highest BCUT2D eigenvalue weighted by Crippen LogP contribution is 2.28. The quantitative estimate of drug-likeness (QED) is 0.773. The van der Waals surface area contributed by atoms with E-state index in [9.17, 15) is 18.0 Å². The van der Waals surface area contributed by atoms with Gasteiger partial charge in [0.1, 0.15) is 11.5 Å². The van der Waals surface area contributed by atoms with Crippen LogP contribution in [0.4, 0.5) is 23.7 Å². The van der Waals surface area contributed by atoms with Crippen LogP contribution in [0.3, 0.4) is 0 Å². The summed E-state index contributed by atoms with van der Waals surface area (Å²) in [5, 5.41) is 13.9. The van der Waals surface area contributed by atoms with E-state index in [0.717, 1.165) is 32.1 Å². The highest BCUT2D eigenvalue weighted by atomic mass is 19.1. The standard InChI is InChI=1S/C16H21F3N2O2/c17-11-8-12(18)15(13(19)9-11)21-16(23)20-14(6-7-22)10-4-2-1-3-5-10/h8-10,14,22H,1-7H2,(H2,20,21,23). The summed E-state index contributed by atoms with van der Waals surface area (Å²) in [6, 6.07) is -0.0129. The summed E-state index contributed by atoms with van der Waals surface area (Å²) >= 11 is 0. The summed E-state index contributed by atoms with van der Waals surface area (Å²) < 4.78 is 40.0. The number of nitrogens with one attached hydrogen (secondary N) is 2. The zero-order chi connectivity index (χ0) is 16.8. The monoisotopic (exact) mass is 330 g/mol. The van der Waals surface area contributed by atoms with Gasteiger partial charge in [0.25, 0.3) is 0 Å². The third-order valence-electron chi connectivity index (χ3n) is 4.22. The van der Waals surface area contributed by atoms with Crippen molar-refractivity contribution < 1.29 is 23.1 Å². The van der Waals surface area contributed by atoms with Gasteiger partial charge in [0, 0.05) is 24.8 Å². The Kier molecular flexibility index (Phi) is 6.27. The minimum Gasteiger partial charge on any atom is -0.396 e. The van der Waals surface area contributed by atoms with Gasteiger partial charge in [-0.05, 0) is 25.2 Å². The molecule has 0 heterocycles. The largest absolute Gasteiger partial charge is 0.396 e. The molecule has 4 nitrogen and oxygen atoms in total. The first-order valence-corrected chi connectivity index (χ1v) is 7.84. The molecule has 1 saturated carbocycles. The van der Waals surface area contributed by atoms with Crippen LogP contribution in [-0.2, 0) is 0 Å². The predicted octanol–water partition coefficient (Wildman–Crippen LogP) is 3.56. The number of anilines is 1. The molecule has 1 atom stereocenters. The molecule has 0 aromatic heterocycles. The fourth-order valence-electron chi connectivity index (χ4n) is 3.08. The van der Waals surface area contributed by atoms with Crippen molar-refractivity contribution in [1.29, 1.82) is 0 Å². The molecular weight excluding hydrogens is 309 g/mol. The number of carbonyl (C=O) groups is 1. The van der Waals surface area contributed by atoms with Crippen LogP contribution in [0.5, 0.6) is 0 Å². The maximum Gasteiger partial charge on any atom is 0.319 e. The van der Waals surface area contributed by atoms with Gasteiger partial charge < -0.3 is 15.7 Å². The van der Waals surface area contributed by atoms with E-state index in [1.54, 1.807) is 0 Å². The Bertz CT molecular complexity index is 525. The van der Waals surface area contributed by atoms with Crippen LogP contribution < -0.4 is 10.6 Å². The van der Waals surface area contributed by atoms with Crippen LogP contribution in [0, 0.1) is 23.4 Å². The summed E-state index contributed by atoms with van der Waals surface area (Å²) in [7, 11) is 0. The average molecular weight is 330 g/mol. The second kappa shape index (κ2) is 8.19. The van der Waals surface area contributed by atoms with Gasteiger partial charge in [-0.25, -0.2) is 18.0 Å². The minimum atomic E-state index is -1.17. The fourth-order valence-corrected chi connectivity index (χ4v) is 3.08. The SMILES string of the molecule is O=C(Nc1c(F)cc(F)cc1F)NC(CCO)C1CCCCC1. The molecule has 0 radical (unpaired) electrons. The average Bonchev–Trinajstić information content (AvgIpc) is 2.51. The van der Waals surface area contributed by atoms with Crippen LogP contribution in [0.1, 0.15) is 38.5 Å². The van der Waals surface area contributed by atoms with Crippen molar-refractivity contribution in [2.45, 2.75) is 44.6 Å². The molecule has 0 spiro atoms. The molecule has 1 aromatic carbocycles. The van der Waals surface area contributed by atoms with E-state index in [1.807, 2.05) is 0 Å². The van der Waals surface area contributed by atoms with Crippen LogP contribution >= 0.6 is 0 Å². The van der Waals surface area contributed by atoms with Crippen molar-refractivity contribution in [2.24, 2.45) is 5.92 Å². The van der Waals surface area contributed by atoms with Crippen LogP contribution in [0.25, 0.3) is 0 Å². The number of hydrogen-bond acceptors (Lipinski definition) is 2. The Morgan fingerprint density at radius 3 is 2.35 bits per heavy atom. The molecule has 0 aliphatic heterocycles. The summed E-state index contributed by atoms with van der Waals surface area (Å²) in [5.41, 5.74) is -0.685. The van der Waals surface area contributed by atoms with Gasteiger partial charge in [-0.2, -0.15) is 0 Å². The molecule has 2 amide bonds. The summed E-state index contributed by atoms with van der Waals surface area (Å²) in [5.74, 6) is -3.15. The maximum atomic E-state index is 13.5. The number of aliphatic hydroxyl groups excluding tert-OH is 1. The molecule has 1 fully saturated rings. The lowest BCUT2D eigenvalue weighted by molar-refractivity contribution is 0.202. The topological polar surface area (TPSA) is 61.4 Å². The summed E-state index contributed by atoms with van der Waals surface area (Å²) in [6.07, 6.45) is 5.57. The maximum absolute atomic E-state index is 13.5. The highest BCUT2D eigenvalue weighted by molar-refractivity contribution is 5.89. The number of carbonyl (C=O) groups excluding carboxylic acids is 1. The molecular formula is C16H21F3N2O2. The number of amides is 2. The van der Waals surface area contributed by atoms with Gasteiger partial charge in [0.2, 0.25) is 0 Å². The van der Waals surface area contributed by atoms with Gasteiger partial charge in [0.15, 0.2) is 11.6 Å². The Hall–Kier alpha value is -1.76. The molecule has 1 aromatic rings. The Morgan fingerprint density at radius 1 is 1.17 bits per heavy atom. The summed E-state index contributed by atoms with van der Waals surface area (Å²) in [4.78, 5) is 12.0. The number of hydrogen-bond donors (Lipinski definition) is 3. The summed E-state index contributed by atoms with van der Waals surface area (Å²) in [6.45, 7) is -0.0826. The second-order valence-corrected chi connectivity index (χ2v) is 5.86. The van der Waals surface area contributed by atoms with E-state index >= 15 is 0 Å². The molecule has 1 unspecified atom stereocenters. The lowest BCUT2D eigenvalue weighted by Gasteiger charge is -2.30. The van der Waals surface area contributed by atoms with E-state index in [2.05, 4.69) is 10.6 Å². The molecule has 0 saturated heterocycles. The number of benzene rings is 1. The smallest absolute Gasteiger partial charge is 0.319 e. The minimum absolute atomic E-state index is 0.0826. The molecule has 23 heavy (non-hydrogen) atoms. The second-order valence-electron chi connectivity index (χ2n) is 5.86. The van der Waals surface area contributed by atoms with Crippen molar-refractivity contribution in [2.75, 3.05) is 11.9 Å². The lowest BCUT2D eigenvalue weighted by Crippen LogP contribution is -2.44. The van der Waals surface area contributed by atoms with Crippen LogP contribution in [-0.4, -0.2) is 23.8 Å². The Morgan fingerprint density at radius 2 is 1.78 bits per heavy atom. The zero-order valence-electron chi connectivity index (χ0n) is 12.7. The number of aliphatic hydroxyl groups is 1. The van der Waals surface area contributed by atoms with Gasteiger partial charge in [-0.3, -0.25) is 0 Å². The van der Waals surface area contributed by atoms with Crippen molar-refractivity contribution in [3.63, 3.8) is 0 Å². The first-order valence-electron chi connectivity index (χ1n) is 7.84. The molecule has 0 bridgehead atoms.